The summed E-state index contributed by atoms with van der Waals surface area (Å²) >= 11 is 6.07. The predicted molar refractivity (Wildman–Crippen MR) is 102 cm³/mol. The summed E-state index contributed by atoms with van der Waals surface area (Å²) < 4.78 is 5.34. The van der Waals surface area contributed by atoms with Gasteiger partial charge < -0.3 is 15.4 Å². The average Bonchev–Trinajstić information content (AvgIpc) is 2.61. The molecule has 0 radical (unpaired) electrons. The third kappa shape index (κ3) is 4.21. The summed E-state index contributed by atoms with van der Waals surface area (Å²) in [6.07, 6.45) is 0. The monoisotopic (exact) mass is 365 g/mol. The van der Waals surface area contributed by atoms with E-state index >= 15 is 0 Å². The summed E-state index contributed by atoms with van der Waals surface area (Å²) in [7, 11) is 1.59. The SMILES string of the molecule is COc1ccc(Cl)cc1Nc1cc(C)nc(Nc2cccc(C#N)c2)n1. The Labute approximate surface area is 156 Å². The molecule has 2 aromatic carbocycles. The van der Waals surface area contributed by atoms with E-state index in [-0.39, 0.29) is 0 Å². The number of nitriles is 1. The lowest BCUT2D eigenvalue weighted by atomic mass is 10.2. The van der Waals surface area contributed by atoms with Gasteiger partial charge in [0.1, 0.15) is 11.6 Å². The second kappa shape index (κ2) is 7.72. The molecule has 0 aliphatic carbocycles. The number of anilines is 4. The number of halogens is 1. The minimum absolute atomic E-state index is 0.420. The molecule has 0 atom stereocenters. The van der Waals surface area contributed by atoms with Gasteiger partial charge in [-0.05, 0) is 43.3 Å². The number of ether oxygens (including phenoxy) is 1. The molecule has 2 N–H and O–H groups in total. The van der Waals surface area contributed by atoms with Crippen LogP contribution in [0.2, 0.25) is 5.02 Å². The van der Waals surface area contributed by atoms with E-state index in [4.69, 9.17) is 21.6 Å². The zero-order valence-corrected chi connectivity index (χ0v) is 15.0. The maximum atomic E-state index is 9.01. The third-order valence-corrected chi connectivity index (χ3v) is 3.76. The van der Waals surface area contributed by atoms with Crippen molar-refractivity contribution in [3.05, 3.63) is 64.8 Å². The highest BCUT2D eigenvalue weighted by molar-refractivity contribution is 6.31. The predicted octanol–water partition coefficient (Wildman–Crippen LogP) is 4.81. The van der Waals surface area contributed by atoms with Gasteiger partial charge in [0, 0.05) is 22.5 Å². The first-order valence-corrected chi connectivity index (χ1v) is 8.18. The molecule has 130 valence electrons. The van der Waals surface area contributed by atoms with Crippen LogP contribution in [0.25, 0.3) is 0 Å². The van der Waals surface area contributed by atoms with Crippen molar-refractivity contribution < 1.29 is 4.74 Å². The van der Waals surface area contributed by atoms with Crippen molar-refractivity contribution in [1.29, 1.82) is 5.26 Å². The second-order valence-corrected chi connectivity index (χ2v) is 5.94. The van der Waals surface area contributed by atoms with Gasteiger partial charge in [0.15, 0.2) is 0 Å². The molecule has 0 amide bonds. The first-order chi connectivity index (χ1) is 12.6. The number of aryl methyl sites for hydroxylation is 1. The fourth-order valence-corrected chi connectivity index (χ4v) is 2.57. The van der Waals surface area contributed by atoms with Crippen LogP contribution in [-0.4, -0.2) is 17.1 Å². The molecule has 0 spiro atoms. The highest BCUT2D eigenvalue weighted by atomic mass is 35.5. The summed E-state index contributed by atoms with van der Waals surface area (Å²) in [4.78, 5) is 8.85. The molecule has 26 heavy (non-hydrogen) atoms. The Hall–Kier alpha value is -3.30. The standard InChI is InChI=1S/C19H16ClN5O/c1-12-8-18(24-16-10-14(20)6-7-17(16)26-2)25-19(22-12)23-15-5-3-4-13(9-15)11-21/h3-10H,1-2H3,(H2,22,23,24,25). The maximum Gasteiger partial charge on any atom is 0.229 e. The molecule has 0 aliphatic rings. The van der Waals surface area contributed by atoms with Gasteiger partial charge >= 0.3 is 0 Å². The van der Waals surface area contributed by atoms with Crippen molar-refractivity contribution in [2.24, 2.45) is 0 Å². The van der Waals surface area contributed by atoms with Gasteiger partial charge in [-0.3, -0.25) is 0 Å². The molecule has 0 saturated carbocycles. The van der Waals surface area contributed by atoms with E-state index in [1.54, 1.807) is 43.5 Å². The lowest BCUT2D eigenvalue weighted by Crippen LogP contribution is -2.03. The number of hydrogen-bond acceptors (Lipinski definition) is 6. The van der Waals surface area contributed by atoms with Crippen molar-refractivity contribution in [1.82, 2.24) is 9.97 Å². The summed E-state index contributed by atoms with van der Waals surface area (Å²) in [5.74, 6) is 1.67. The van der Waals surface area contributed by atoms with Crippen LogP contribution in [0.3, 0.4) is 0 Å². The molecule has 7 heteroatoms. The molecule has 0 fully saturated rings. The number of nitrogens with one attached hydrogen (secondary N) is 2. The number of rotatable bonds is 5. The number of methoxy groups -OCH3 is 1. The van der Waals surface area contributed by atoms with Crippen LogP contribution < -0.4 is 15.4 Å². The summed E-state index contributed by atoms with van der Waals surface area (Å²) in [6, 6.07) is 16.3. The van der Waals surface area contributed by atoms with Crippen LogP contribution in [0.1, 0.15) is 11.3 Å². The van der Waals surface area contributed by atoms with Crippen LogP contribution in [0.15, 0.2) is 48.5 Å². The fraction of sp³-hybridized carbons (Fsp3) is 0.105. The van der Waals surface area contributed by atoms with Gasteiger partial charge in [-0.2, -0.15) is 10.2 Å². The number of nitrogens with zero attached hydrogens (tertiary/aromatic N) is 3. The van der Waals surface area contributed by atoms with E-state index in [0.29, 0.717) is 33.8 Å². The van der Waals surface area contributed by atoms with Gasteiger partial charge in [-0.25, -0.2) is 4.98 Å². The highest BCUT2D eigenvalue weighted by Gasteiger charge is 2.08. The van der Waals surface area contributed by atoms with E-state index in [1.807, 2.05) is 19.1 Å². The van der Waals surface area contributed by atoms with Crippen molar-refractivity contribution >= 4 is 34.7 Å². The van der Waals surface area contributed by atoms with Crippen molar-refractivity contribution in [2.45, 2.75) is 6.92 Å². The Morgan fingerprint density at radius 1 is 1.08 bits per heavy atom. The van der Waals surface area contributed by atoms with Crippen LogP contribution in [0.4, 0.5) is 23.1 Å². The van der Waals surface area contributed by atoms with Gasteiger partial charge in [0.25, 0.3) is 0 Å². The zero-order valence-electron chi connectivity index (χ0n) is 14.2. The second-order valence-electron chi connectivity index (χ2n) is 5.51. The van der Waals surface area contributed by atoms with E-state index in [1.165, 1.54) is 0 Å². The molecule has 3 rings (SSSR count). The van der Waals surface area contributed by atoms with Gasteiger partial charge in [0.2, 0.25) is 5.95 Å². The van der Waals surface area contributed by atoms with Crippen LogP contribution in [0, 0.1) is 18.3 Å². The van der Waals surface area contributed by atoms with E-state index in [0.717, 1.165) is 11.4 Å². The van der Waals surface area contributed by atoms with Gasteiger partial charge in [0.05, 0.1) is 24.4 Å². The minimum Gasteiger partial charge on any atom is -0.495 e. The highest BCUT2D eigenvalue weighted by Crippen LogP contribution is 2.30. The summed E-state index contributed by atoms with van der Waals surface area (Å²) in [5, 5.41) is 15.9. The first kappa shape index (κ1) is 17.5. The molecule has 0 saturated heterocycles. The molecule has 0 unspecified atom stereocenters. The van der Waals surface area contributed by atoms with Gasteiger partial charge in [-0.1, -0.05) is 17.7 Å². The van der Waals surface area contributed by atoms with E-state index < -0.39 is 0 Å². The molecular formula is C19H16ClN5O. The Morgan fingerprint density at radius 3 is 2.69 bits per heavy atom. The molecule has 1 aromatic heterocycles. The van der Waals surface area contributed by atoms with Crippen molar-refractivity contribution in [2.75, 3.05) is 17.7 Å². The molecule has 0 bridgehead atoms. The van der Waals surface area contributed by atoms with Gasteiger partial charge in [-0.15, -0.1) is 0 Å². The quantitative estimate of drug-likeness (QED) is 0.675. The van der Waals surface area contributed by atoms with Crippen LogP contribution in [0.5, 0.6) is 5.75 Å². The topological polar surface area (TPSA) is 82.9 Å². The van der Waals surface area contributed by atoms with E-state index in [9.17, 15) is 0 Å². The first-order valence-electron chi connectivity index (χ1n) is 7.81. The average molecular weight is 366 g/mol. The minimum atomic E-state index is 0.420. The third-order valence-electron chi connectivity index (χ3n) is 3.53. The molecule has 1 heterocycles. The molecular weight excluding hydrogens is 350 g/mol. The Balaban J connectivity index is 1.88. The summed E-state index contributed by atoms with van der Waals surface area (Å²) in [5.41, 5.74) is 2.78. The lowest BCUT2D eigenvalue weighted by Gasteiger charge is -2.13. The Morgan fingerprint density at radius 2 is 1.92 bits per heavy atom. The number of aromatic nitrogens is 2. The summed E-state index contributed by atoms with van der Waals surface area (Å²) in [6.45, 7) is 1.87. The molecule has 6 nitrogen and oxygen atoms in total. The Kier molecular flexibility index (Phi) is 5.20. The number of benzene rings is 2. The number of hydrogen-bond donors (Lipinski definition) is 2. The van der Waals surface area contributed by atoms with Crippen LogP contribution in [-0.2, 0) is 0 Å². The smallest absolute Gasteiger partial charge is 0.229 e. The lowest BCUT2D eigenvalue weighted by molar-refractivity contribution is 0.417. The largest absolute Gasteiger partial charge is 0.495 e. The maximum absolute atomic E-state index is 9.01. The van der Waals surface area contributed by atoms with Crippen molar-refractivity contribution in [3.63, 3.8) is 0 Å². The fourth-order valence-electron chi connectivity index (χ4n) is 2.40. The Bertz CT molecular complexity index is 984. The molecule has 0 aliphatic heterocycles. The van der Waals surface area contributed by atoms with Crippen molar-refractivity contribution in [3.8, 4) is 11.8 Å². The zero-order chi connectivity index (χ0) is 18.5. The molecule has 3 aromatic rings. The normalized spacial score (nSPS) is 10.1. The van der Waals surface area contributed by atoms with Crippen LogP contribution >= 0.6 is 11.6 Å². The van der Waals surface area contributed by atoms with E-state index in [2.05, 4.69) is 26.7 Å².